The van der Waals surface area contributed by atoms with Crippen LogP contribution in [0.25, 0.3) is 6.08 Å². The summed E-state index contributed by atoms with van der Waals surface area (Å²) in [5, 5.41) is 0. The zero-order valence-electron chi connectivity index (χ0n) is 6.88. The third kappa shape index (κ3) is 1.04. The van der Waals surface area contributed by atoms with Crippen LogP contribution in [0.3, 0.4) is 0 Å². The van der Waals surface area contributed by atoms with Crippen LogP contribution in [0.2, 0.25) is 0 Å². The molecule has 0 atom stereocenters. The largest absolute Gasteiger partial charge is 0.115 e. The van der Waals surface area contributed by atoms with E-state index in [1.807, 2.05) is 12.1 Å². The second-order valence-corrected chi connectivity index (χ2v) is 2.96. The van der Waals surface area contributed by atoms with Gasteiger partial charge in [0.1, 0.15) is 0 Å². The highest BCUT2D eigenvalue weighted by Gasteiger charge is 2.06. The first-order valence-corrected chi connectivity index (χ1v) is 4.17. The van der Waals surface area contributed by atoms with Crippen LogP contribution in [0.5, 0.6) is 0 Å². The van der Waals surface area contributed by atoms with Crippen molar-refractivity contribution in [3.63, 3.8) is 0 Å². The molecular weight excluding hydrogens is 144 g/mol. The molecule has 0 fully saturated rings. The molecule has 0 spiro atoms. The van der Waals surface area contributed by atoms with Crippen molar-refractivity contribution in [1.82, 2.24) is 0 Å². The summed E-state index contributed by atoms with van der Waals surface area (Å²) in [6.07, 6.45) is 12.0. The van der Waals surface area contributed by atoms with E-state index < -0.39 is 0 Å². The van der Waals surface area contributed by atoms with Gasteiger partial charge < -0.3 is 0 Å². The highest BCUT2D eigenvalue weighted by atomic mass is 14.1. The zero-order valence-corrected chi connectivity index (χ0v) is 6.88. The van der Waals surface area contributed by atoms with Crippen LogP contribution in [-0.2, 0) is 6.42 Å². The number of fused-ring (bicyclic) bond motifs is 1. The summed E-state index contributed by atoms with van der Waals surface area (Å²) >= 11 is 0. The second kappa shape index (κ2) is 2.87. The molecule has 1 aliphatic carbocycles. The Morgan fingerprint density at radius 3 is 3.08 bits per heavy atom. The minimum Gasteiger partial charge on any atom is -0.115 e. The number of terminal acetylenes is 1. The molecule has 1 aliphatic rings. The number of hydrogen-bond acceptors (Lipinski definition) is 0. The molecule has 0 unspecified atom stereocenters. The van der Waals surface area contributed by atoms with Crippen LogP contribution in [0.4, 0.5) is 0 Å². The summed E-state index contributed by atoms with van der Waals surface area (Å²) in [7, 11) is 0. The monoisotopic (exact) mass is 154 g/mol. The number of hydrogen-bond donors (Lipinski definition) is 0. The van der Waals surface area contributed by atoms with Gasteiger partial charge in [-0.1, -0.05) is 30.2 Å². The normalized spacial score (nSPS) is 13.6. The van der Waals surface area contributed by atoms with Gasteiger partial charge in [0.2, 0.25) is 0 Å². The highest BCUT2D eigenvalue weighted by Crippen LogP contribution is 2.21. The van der Waals surface area contributed by atoms with E-state index in [1.165, 1.54) is 11.1 Å². The van der Waals surface area contributed by atoms with Crippen LogP contribution in [0.1, 0.15) is 23.1 Å². The maximum atomic E-state index is 5.40. The summed E-state index contributed by atoms with van der Waals surface area (Å²) in [6.45, 7) is 0. The Morgan fingerprint density at radius 2 is 2.25 bits per heavy atom. The van der Waals surface area contributed by atoms with Gasteiger partial charge in [-0.25, -0.2) is 0 Å². The smallest absolute Gasteiger partial charge is 0.0280 e. The van der Waals surface area contributed by atoms with E-state index in [1.54, 1.807) is 0 Å². The molecule has 0 N–H and O–H groups in total. The van der Waals surface area contributed by atoms with Gasteiger partial charge in [-0.15, -0.1) is 6.42 Å². The summed E-state index contributed by atoms with van der Waals surface area (Å²) in [6, 6.07) is 6.15. The lowest BCUT2D eigenvalue weighted by Crippen LogP contribution is -1.96. The van der Waals surface area contributed by atoms with E-state index in [2.05, 4.69) is 24.1 Å². The average Bonchev–Trinajstić information content (AvgIpc) is 2.17. The molecular formula is C12H10. The van der Waals surface area contributed by atoms with Gasteiger partial charge in [0.15, 0.2) is 0 Å². The van der Waals surface area contributed by atoms with E-state index in [0.29, 0.717) is 0 Å². The minimum absolute atomic E-state index is 1.05. The quantitative estimate of drug-likeness (QED) is 0.504. The first kappa shape index (κ1) is 7.18. The van der Waals surface area contributed by atoms with Gasteiger partial charge in [-0.2, -0.15) is 0 Å². The summed E-state index contributed by atoms with van der Waals surface area (Å²) in [4.78, 5) is 0. The van der Waals surface area contributed by atoms with E-state index >= 15 is 0 Å². The van der Waals surface area contributed by atoms with Crippen molar-refractivity contribution in [2.45, 2.75) is 12.8 Å². The number of rotatable bonds is 0. The first-order valence-electron chi connectivity index (χ1n) is 4.17. The highest BCUT2D eigenvalue weighted by molar-refractivity contribution is 5.60. The van der Waals surface area contributed by atoms with Crippen molar-refractivity contribution in [3.05, 3.63) is 41.0 Å². The molecule has 58 valence electrons. The molecule has 0 saturated heterocycles. The zero-order chi connectivity index (χ0) is 8.39. The summed E-state index contributed by atoms with van der Waals surface area (Å²) < 4.78 is 0. The molecule has 1 aromatic carbocycles. The Hall–Kier alpha value is -1.48. The van der Waals surface area contributed by atoms with E-state index in [0.717, 1.165) is 18.4 Å². The van der Waals surface area contributed by atoms with Crippen molar-refractivity contribution in [2.24, 2.45) is 0 Å². The van der Waals surface area contributed by atoms with E-state index in [-0.39, 0.29) is 0 Å². The molecule has 0 nitrogen and oxygen atoms in total. The summed E-state index contributed by atoms with van der Waals surface area (Å²) in [5.41, 5.74) is 3.68. The van der Waals surface area contributed by atoms with Gasteiger partial charge in [0.25, 0.3) is 0 Å². The van der Waals surface area contributed by atoms with Crippen LogP contribution < -0.4 is 0 Å². The molecule has 0 amide bonds. The van der Waals surface area contributed by atoms with Gasteiger partial charge in [0, 0.05) is 5.56 Å². The fourth-order valence-corrected chi connectivity index (χ4v) is 1.61. The Morgan fingerprint density at radius 1 is 1.33 bits per heavy atom. The molecule has 12 heavy (non-hydrogen) atoms. The fraction of sp³-hybridized carbons (Fsp3) is 0.167. The predicted molar refractivity (Wildman–Crippen MR) is 51.7 cm³/mol. The van der Waals surface area contributed by atoms with E-state index in [9.17, 15) is 0 Å². The van der Waals surface area contributed by atoms with E-state index in [4.69, 9.17) is 6.42 Å². The fourth-order valence-electron chi connectivity index (χ4n) is 1.61. The number of allylic oxidation sites excluding steroid dienone is 1. The SMILES string of the molecule is C#Cc1cccc2c1CCC=C2. The molecule has 0 aromatic heterocycles. The van der Waals surface area contributed by atoms with Crippen LogP contribution in [0, 0.1) is 12.3 Å². The lowest BCUT2D eigenvalue weighted by atomic mass is 9.93. The minimum atomic E-state index is 1.05. The molecule has 1 aromatic rings. The molecule has 0 bridgehead atoms. The molecule has 2 rings (SSSR count). The Balaban J connectivity index is 2.63. The van der Waals surface area contributed by atoms with Gasteiger partial charge in [0.05, 0.1) is 0 Å². The third-order valence-corrected chi connectivity index (χ3v) is 2.23. The van der Waals surface area contributed by atoms with Crippen LogP contribution in [0.15, 0.2) is 24.3 Å². The lowest BCUT2D eigenvalue weighted by molar-refractivity contribution is 0.981. The Labute approximate surface area is 72.9 Å². The van der Waals surface area contributed by atoms with Crippen LogP contribution >= 0.6 is 0 Å². The topological polar surface area (TPSA) is 0 Å². The van der Waals surface area contributed by atoms with Crippen molar-refractivity contribution >= 4 is 6.08 Å². The van der Waals surface area contributed by atoms with Crippen LogP contribution in [-0.4, -0.2) is 0 Å². The summed E-state index contributed by atoms with van der Waals surface area (Å²) in [5.74, 6) is 2.72. The van der Waals surface area contributed by atoms with Gasteiger partial charge >= 0.3 is 0 Å². The molecule has 0 aliphatic heterocycles. The molecule has 0 heterocycles. The number of benzene rings is 1. The third-order valence-electron chi connectivity index (χ3n) is 2.23. The van der Waals surface area contributed by atoms with Crippen molar-refractivity contribution in [2.75, 3.05) is 0 Å². The Kier molecular flexibility index (Phi) is 1.72. The van der Waals surface area contributed by atoms with Crippen molar-refractivity contribution in [3.8, 4) is 12.3 Å². The predicted octanol–water partition coefficient (Wildman–Crippen LogP) is 2.63. The standard InChI is InChI=1S/C12H10/c1-2-10-7-5-8-11-6-3-4-9-12(10)11/h1,3,5-8H,4,9H2. The molecule has 0 radical (unpaired) electrons. The van der Waals surface area contributed by atoms with Crippen molar-refractivity contribution in [1.29, 1.82) is 0 Å². The van der Waals surface area contributed by atoms with Crippen molar-refractivity contribution < 1.29 is 0 Å². The van der Waals surface area contributed by atoms with Gasteiger partial charge in [-0.05, 0) is 30.0 Å². The second-order valence-electron chi connectivity index (χ2n) is 2.96. The van der Waals surface area contributed by atoms with Gasteiger partial charge in [-0.3, -0.25) is 0 Å². The maximum Gasteiger partial charge on any atom is 0.0280 e. The maximum absolute atomic E-state index is 5.40. The first-order chi connectivity index (χ1) is 5.92. The lowest BCUT2D eigenvalue weighted by Gasteiger charge is -2.11. The molecule has 0 saturated carbocycles. The Bertz CT molecular complexity index is 364. The molecule has 0 heteroatoms. The average molecular weight is 154 g/mol.